The Labute approximate surface area is 147 Å². The Hall–Kier alpha value is -2.95. The smallest absolute Gasteiger partial charge is 0.227 e. The maximum atomic E-state index is 9.03. The van der Waals surface area contributed by atoms with Crippen molar-refractivity contribution in [3.63, 3.8) is 0 Å². The Kier molecular flexibility index (Phi) is 4.93. The molecular weight excluding hydrogens is 316 g/mol. The summed E-state index contributed by atoms with van der Waals surface area (Å²) in [6.07, 6.45) is 5.51. The molecule has 0 amide bonds. The lowest BCUT2D eigenvalue weighted by Crippen LogP contribution is -2.47. The first-order chi connectivity index (χ1) is 12.1. The van der Waals surface area contributed by atoms with Crippen LogP contribution in [0.5, 0.6) is 0 Å². The fourth-order valence-electron chi connectivity index (χ4n) is 2.94. The molecule has 8 nitrogen and oxygen atoms in total. The maximum Gasteiger partial charge on any atom is 0.227 e. The second kappa shape index (κ2) is 7.30. The zero-order valence-electron chi connectivity index (χ0n) is 14.8. The number of likely N-dealkylation sites (N-methyl/N-ethyl adjacent to an activating group) is 1. The highest BCUT2D eigenvalue weighted by molar-refractivity contribution is 5.43. The van der Waals surface area contributed by atoms with Crippen molar-refractivity contribution in [3.05, 3.63) is 30.2 Å². The van der Waals surface area contributed by atoms with Crippen molar-refractivity contribution in [1.29, 1.82) is 5.26 Å². The van der Waals surface area contributed by atoms with Gasteiger partial charge in [0.2, 0.25) is 11.9 Å². The molecule has 1 aliphatic heterocycles. The molecule has 2 aromatic heterocycles. The first-order valence-corrected chi connectivity index (χ1v) is 8.30. The van der Waals surface area contributed by atoms with Crippen LogP contribution in [0.3, 0.4) is 0 Å². The summed E-state index contributed by atoms with van der Waals surface area (Å²) in [5.74, 6) is 2.21. The molecule has 0 spiro atoms. The number of hydrogen-bond donors (Lipinski definition) is 0. The Morgan fingerprint density at radius 1 is 1.16 bits per heavy atom. The van der Waals surface area contributed by atoms with Gasteiger partial charge in [-0.25, -0.2) is 15.0 Å². The summed E-state index contributed by atoms with van der Waals surface area (Å²) in [4.78, 5) is 23.9. The Balaban J connectivity index is 1.76. The van der Waals surface area contributed by atoms with Gasteiger partial charge in [0.05, 0.1) is 0 Å². The molecule has 1 fully saturated rings. The maximum absolute atomic E-state index is 9.03. The van der Waals surface area contributed by atoms with E-state index in [4.69, 9.17) is 5.26 Å². The summed E-state index contributed by atoms with van der Waals surface area (Å²) in [5.41, 5.74) is 0.391. The third-order valence-corrected chi connectivity index (χ3v) is 4.39. The van der Waals surface area contributed by atoms with E-state index in [0.717, 1.165) is 31.7 Å². The van der Waals surface area contributed by atoms with E-state index in [1.54, 1.807) is 18.5 Å². The fraction of sp³-hybridized carbons (Fsp3) is 0.471. The van der Waals surface area contributed by atoms with Gasteiger partial charge in [-0.2, -0.15) is 10.2 Å². The quantitative estimate of drug-likeness (QED) is 0.825. The fourth-order valence-corrected chi connectivity index (χ4v) is 2.94. The van der Waals surface area contributed by atoms with Gasteiger partial charge < -0.3 is 14.7 Å². The van der Waals surface area contributed by atoms with Crippen LogP contribution in [-0.2, 0) is 0 Å². The third-order valence-electron chi connectivity index (χ3n) is 4.39. The van der Waals surface area contributed by atoms with Gasteiger partial charge in [-0.15, -0.1) is 0 Å². The number of aromatic nitrogens is 4. The lowest BCUT2D eigenvalue weighted by Gasteiger charge is -2.37. The molecular formula is C17H22N8. The number of rotatable bonds is 4. The molecule has 1 saturated heterocycles. The van der Waals surface area contributed by atoms with Crippen molar-refractivity contribution in [3.8, 4) is 6.07 Å². The second-order valence-corrected chi connectivity index (χ2v) is 6.32. The third kappa shape index (κ3) is 3.76. The molecule has 0 bridgehead atoms. The van der Waals surface area contributed by atoms with Crippen LogP contribution in [-0.4, -0.2) is 60.2 Å². The molecule has 0 N–H and O–H groups in total. The predicted octanol–water partition coefficient (Wildman–Crippen LogP) is 1.31. The van der Waals surface area contributed by atoms with Gasteiger partial charge >= 0.3 is 0 Å². The SMILES string of the molecule is CN(C)c1ccnc(N(C)C2CCCN(c3nccc(C#N)n3)C2)n1. The van der Waals surface area contributed by atoms with Crippen LogP contribution < -0.4 is 14.7 Å². The highest BCUT2D eigenvalue weighted by atomic mass is 15.3. The average molecular weight is 338 g/mol. The van der Waals surface area contributed by atoms with E-state index in [-0.39, 0.29) is 6.04 Å². The molecule has 130 valence electrons. The van der Waals surface area contributed by atoms with Crippen molar-refractivity contribution in [2.45, 2.75) is 18.9 Å². The van der Waals surface area contributed by atoms with Crippen molar-refractivity contribution < 1.29 is 0 Å². The second-order valence-electron chi connectivity index (χ2n) is 6.32. The van der Waals surface area contributed by atoms with E-state index in [1.807, 2.05) is 32.1 Å². The number of nitriles is 1. The Morgan fingerprint density at radius 3 is 2.72 bits per heavy atom. The number of piperidine rings is 1. The van der Waals surface area contributed by atoms with Crippen LogP contribution in [0.2, 0.25) is 0 Å². The zero-order chi connectivity index (χ0) is 17.8. The summed E-state index contributed by atoms with van der Waals surface area (Å²) in [5, 5.41) is 9.03. The normalized spacial score (nSPS) is 17.0. The summed E-state index contributed by atoms with van der Waals surface area (Å²) < 4.78 is 0. The molecule has 1 aliphatic rings. The highest BCUT2D eigenvalue weighted by Crippen LogP contribution is 2.22. The monoisotopic (exact) mass is 338 g/mol. The summed E-state index contributed by atoms with van der Waals surface area (Å²) in [7, 11) is 5.96. The standard InChI is InChI=1S/C17H22N8/c1-23(2)15-7-9-19-16(22-15)24(3)14-5-4-10-25(12-14)17-20-8-6-13(11-18)21-17/h6-9,14H,4-5,10,12H2,1-3H3. The minimum atomic E-state index is 0.264. The molecule has 3 rings (SSSR count). The van der Waals surface area contributed by atoms with E-state index < -0.39 is 0 Å². The van der Waals surface area contributed by atoms with Crippen LogP contribution in [0.15, 0.2) is 24.5 Å². The summed E-state index contributed by atoms with van der Waals surface area (Å²) in [6, 6.07) is 5.85. The van der Waals surface area contributed by atoms with Crippen LogP contribution >= 0.6 is 0 Å². The zero-order valence-corrected chi connectivity index (χ0v) is 14.8. The molecule has 2 aromatic rings. The van der Waals surface area contributed by atoms with Crippen molar-refractivity contribution >= 4 is 17.7 Å². The van der Waals surface area contributed by atoms with Gasteiger partial charge in [-0.3, -0.25) is 0 Å². The van der Waals surface area contributed by atoms with E-state index in [0.29, 0.717) is 17.6 Å². The van der Waals surface area contributed by atoms with Crippen molar-refractivity contribution in [2.24, 2.45) is 0 Å². The first kappa shape index (κ1) is 16.9. The number of hydrogen-bond acceptors (Lipinski definition) is 8. The lowest BCUT2D eigenvalue weighted by atomic mass is 10.1. The average Bonchev–Trinajstić information content (AvgIpc) is 2.67. The molecule has 3 heterocycles. The van der Waals surface area contributed by atoms with Crippen LogP contribution in [0, 0.1) is 11.3 Å². The van der Waals surface area contributed by atoms with Gasteiger partial charge in [0, 0.05) is 52.7 Å². The Morgan fingerprint density at radius 2 is 1.96 bits per heavy atom. The molecule has 25 heavy (non-hydrogen) atoms. The highest BCUT2D eigenvalue weighted by Gasteiger charge is 2.26. The largest absolute Gasteiger partial charge is 0.363 e. The Bertz CT molecular complexity index is 769. The molecule has 8 heteroatoms. The molecule has 0 saturated carbocycles. The minimum absolute atomic E-state index is 0.264. The van der Waals surface area contributed by atoms with Gasteiger partial charge in [-0.05, 0) is 25.0 Å². The van der Waals surface area contributed by atoms with Gasteiger partial charge in [0.15, 0.2) is 0 Å². The molecule has 1 atom stereocenters. The molecule has 0 aromatic carbocycles. The van der Waals surface area contributed by atoms with E-state index in [2.05, 4.69) is 35.8 Å². The molecule has 0 aliphatic carbocycles. The molecule has 0 radical (unpaired) electrons. The van der Waals surface area contributed by atoms with Crippen LogP contribution in [0.1, 0.15) is 18.5 Å². The van der Waals surface area contributed by atoms with Crippen molar-refractivity contribution in [2.75, 3.05) is 48.9 Å². The minimum Gasteiger partial charge on any atom is -0.363 e. The lowest BCUT2D eigenvalue weighted by molar-refractivity contribution is 0.478. The number of anilines is 3. The topological polar surface area (TPSA) is 85.1 Å². The predicted molar refractivity (Wildman–Crippen MR) is 96.7 cm³/mol. The van der Waals surface area contributed by atoms with E-state index >= 15 is 0 Å². The van der Waals surface area contributed by atoms with Gasteiger partial charge in [-0.1, -0.05) is 0 Å². The van der Waals surface area contributed by atoms with Crippen LogP contribution in [0.25, 0.3) is 0 Å². The summed E-state index contributed by atoms with van der Waals surface area (Å²) in [6.45, 7) is 1.67. The first-order valence-electron chi connectivity index (χ1n) is 8.30. The van der Waals surface area contributed by atoms with Crippen molar-refractivity contribution in [1.82, 2.24) is 19.9 Å². The van der Waals surface area contributed by atoms with Gasteiger partial charge in [0.1, 0.15) is 17.6 Å². The molecule has 1 unspecified atom stereocenters. The number of nitrogens with zero attached hydrogens (tertiary/aromatic N) is 8. The van der Waals surface area contributed by atoms with Crippen LogP contribution in [0.4, 0.5) is 17.7 Å². The van der Waals surface area contributed by atoms with E-state index in [9.17, 15) is 0 Å². The summed E-state index contributed by atoms with van der Waals surface area (Å²) >= 11 is 0. The van der Waals surface area contributed by atoms with E-state index in [1.165, 1.54) is 0 Å². The van der Waals surface area contributed by atoms with Gasteiger partial charge in [0.25, 0.3) is 0 Å².